The van der Waals surface area contributed by atoms with Crippen LogP contribution in [0.1, 0.15) is 46.5 Å². The minimum Gasteiger partial charge on any atom is -0.465 e. The molecule has 0 aromatic heterocycles. The summed E-state index contributed by atoms with van der Waals surface area (Å²) in [7, 11) is 0. The normalized spacial score (nSPS) is 24.8. The van der Waals surface area contributed by atoms with Gasteiger partial charge in [0.05, 0.1) is 12.1 Å². The van der Waals surface area contributed by atoms with Crippen LogP contribution in [0, 0.1) is 0 Å². The summed E-state index contributed by atoms with van der Waals surface area (Å²) in [5, 5.41) is 18.8. The molecule has 2 aliphatic rings. The number of rotatable bonds is 2. The second-order valence-electron chi connectivity index (χ2n) is 7.03. The van der Waals surface area contributed by atoms with Crippen molar-refractivity contribution in [2.75, 3.05) is 13.2 Å². The third-order valence-electron chi connectivity index (χ3n) is 4.10. The molecule has 0 aromatic rings. The van der Waals surface area contributed by atoms with Crippen LogP contribution in [0.3, 0.4) is 0 Å². The zero-order valence-corrected chi connectivity index (χ0v) is 14.0. The minimum absolute atomic E-state index is 0.116. The first kappa shape index (κ1) is 17.6. The van der Waals surface area contributed by atoms with Gasteiger partial charge in [0, 0.05) is 18.8 Å². The molecule has 1 heterocycles. The Morgan fingerprint density at radius 3 is 2.65 bits per heavy atom. The maximum atomic E-state index is 12.6. The second-order valence-corrected chi connectivity index (χ2v) is 7.03. The van der Waals surface area contributed by atoms with Crippen molar-refractivity contribution < 1.29 is 24.5 Å². The number of amides is 2. The molecule has 1 fully saturated rings. The van der Waals surface area contributed by atoms with Gasteiger partial charge in [0.2, 0.25) is 0 Å². The molecule has 2 amide bonds. The lowest BCUT2D eigenvalue weighted by atomic mass is 9.92. The number of carboxylic acid groups (broad SMARTS) is 1. The van der Waals surface area contributed by atoms with Crippen molar-refractivity contribution in [2.24, 2.45) is 0 Å². The molecule has 2 atom stereocenters. The summed E-state index contributed by atoms with van der Waals surface area (Å²) in [6.07, 6.45) is 3.18. The molecule has 1 saturated heterocycles. The Morgan fingerprint density at radius 2 is 2.09 bits per heavy atom. The van der Waals surface area contributed by atoms with Gasteiger partial charge in [0.1, 0.15) is 5.60 Å². The van der Waals surface area contributed by atoms with Crippen LogP contribution < -0.4 is 0 Å². The first-order valence-corrected chi connectivity index (χ1v) is 8.07. The Hall–Kier alpha value is -1.76. The molecule has 1 aliphatic carbocycles. The molecular formula is C16H26N2O5. The molecule has 7 nitrogen and oxygen atoms in total. The number of nitrogens with zero attached hydrogens (tertiary/aromatic N) is 2. The molecule has 0 aromatic carbocycles. The molecule has 0 saturated carbocycles. The topological polar surface area (TPSA) is 90.3 Å². The number of aliphatic hydroxyl groups is 1. The molecule has 0 spiro atoms. The summed E-state index contributed by atoms with van der Waals surface area (Å²) in [6, 6.07) is -0.727. The van der Waals surface area contributed by atoms with E-state index in [2.05, 4.69) is 0 Å². The van der Waals surface area contributed by atoms with Crippen molar-refractivity contribution >= 4 is 12.2 Å². The van der Waals surface area contributed by atoms with Gasteiger partial charge in [0.15, 0.2) is 0 Å². The van der Waals surface area contributed by atoms with Crippen LogP contribution in [0.2, 0.25) is 0 Å². The van der Waals surface area contributed by atoms with Gasteiger partial charge >= 0.3 is 12.2 Å². The van der Waals surface area contributed by atoms with Gasteiger partial charge in [-0.25, -0.2) is 9.59 Å². The number of ether oxygens (including phenoxy) is 1. The predicted molar refractivity (Wildman–Crippen MR) is 84.0 cm³/mol. The van der Waals surface area contributed by atoms with E-state index in [1.165, 1.54) is 4.90 Å². The smallest absolute Gasteiger partial charge is 0.414 e. The van der Waals surface area contributed by atoms with Crippen molar-refractivity contribution in [1.29, 1.82) is 0 Å². The van der Waals surface area contributed by atoms with Gasteiger partial charge < -0.3 is 14.9 Å². The van der Waals surface area contributed by atoms with Crippen LogP contribution in [-0.2, 0) is 4.74 Å². The Morgan fingerprint density at radius 1 is 1.39 bits per heavy atom. The number of hydrogen-bond donors (Lipinski definition) is 2. The van der Waals surface area contributed by atoms with Crippen molar-refractivity contribution in [2.45, 2.75) is 64.1 Å². The van der Waals surface area contributed by atoms with Crippen molar-refractivity contribution in [3.8, 4) is 0 Å². The number of aliphatic hydroxyl groups excluding tert-OH is 1. The van der Waals surface area contributed by atoms with Crippen LogP contribution in [0.25, 0.3) is 0 Å². The molecule has 0 bridgehead atoms. The van der Waals surface area contributed by atoms with E-state index >= 15 is 0 Å². The van der Waals surface area contributed by atoms with Crippen molar-refractivity contribution in [3.05, 3.63) is 11.8 Å². The van der Waals surface area contributed by atoms with Gasteiger partial charge in [-0.1, -0.05) is 6.08 Å². The lowest BCUT2D eigenvalue weighted by Crippen LogP contribution is -2.60. The fraction of sp³-hybridized carbons (Fsp3) is 0.750. The molecule has 23 heavy (non-hydrogen) atoms. The van der Waals surface area contributed by atoms with Crippen LogP contribution in [0.15, 0.2) is 11.8 Å². The Kier molecular flexibility index (Phi) is 5.19. The maximum Gasteiger partial charge on any atom is 0.414 e. The zero-order valence-electron chi connectivity index (χ0n) is 14.0. The first-order valence-electron chi connectivity index (χ1n) is 8.07. The Balaban J connectivity index is 2.34. The standard InChI is InChI=1S/C16H26N2O5/c1-16(2,3)23-15(22)18-11(8-9-19)10-17(14(20)21)12-6-4-5-7-13(12)18/h7,11-12,19H,4-6,8-10H2,1-3H3,(H,20,21). The summed E-state index contributed by atoms with van der Waals surface area (Å²) in [4.78, 5) is 27.2. The van der Waals surface area contributed by atoms with Crippen molar-refractivity contribution in [3.63, 3.8) is 0 Å². The molecule has 130 valence electrons. The highest BCUT2D eigenvalue weighted by molar-refractivity contribution is 5.73. The van der Waals surface area contributed by atoms with Gasteiger partial charge in [0.25, 0.3) is 0 Å². The first-order chi connectivity index (χ1) is 10.7. The van der Waals surface area contributed by atoms with Gasteiger partial charge in [-0.05, 0) is 46.5 Å². The summed E-state index contributed by atoms with van der Waals surface area (Å²) >= 11 is 0. The van der Waals surface area contributed by atoms with Gasteiger partial charge in [-0.3, -0.25) is 9.80 Å². The highest BCUT2D eigenvalue weighted by Gasteiger charge is 2.44. The third-order valence-corrected chi connectivity index (χ3v) is 4.10. The molecule has 2 rings (SSSR count). The van der Waals surface area contributed by atoms with Crippen LogP contribution in [0.5, 0.6) is 0 Å². The predicted octanol–water partition coefficient (Wildman–Crippen LogP) is 2.40. The third kappa shape index (κ3) is 3.96. The van der Waals surface area contributed by atoms with Crippen LogP contribution in [0.4, 0.5) is 9.59 Å². The highest BCUT2D eigenvalue weighted by Crippen LogP contribution is 2.34. The average molecular weight is 326 g/mol. The molecule has 0 radical (unpaired) electrons. The number of carbonyl (C=O) groups is 2. The summed E-state index contributed by atoms with van der Waals surface area (Å²) < 4.78 is 5.50. The Labute approximate surface area is 136 Å². The fourth-order valence-electron chi connectivity index (χ4n) is 3.21. The molecular weight excluding hydrogens is 300 g/mol. The fourth-order valence-corrected chi connectivity index (χ4v) is 3.21. The number of hydrogen-bond acceptors (Lipinski definition) is 4. The van der Waals surface area contributed by atoms with Crippen LogP contribution >= 0.6 is 0 Å². The highest BCUT2D eigenvalue weighted by atomic mass is 16.6. The average Bonchev–Trinajstić information content (AvgIpc) is 2.44. The van der Waals surface area contributed by atoms with E-state index in [0.717, 1.165) is 12.8 Å². The van der Waals surface area contributed by atoms with Crippen molar-refractivity contribution in [1.82, 2.24) is 9.80 Å². The largest absolute Gasteiger partial charge is 0.465 e. The lowest BCUT2D eigenvalue weighted by Gasteiger charge is -2.48. The number of piperazine rings is 1. The Bertz CT molecular complexity index is 497. The van der Waals surface area contributed by atoms with E-state index in [-0.39, 0.29) is 19.2 Å². The summed E-state index contributed by atoms with van der Waals surface area (Å²) in [6.45, 7) is 5.47. The summed E-state index contributed by atoms with van der Waals surface area (Å²) in [5.41, 5.74) is 0.0628. The van der Waals surface area contributed by atoms with Gasteiger partial charge in [-0.15, -0.1) is 0 Å². The van der Waals surface area contributed by atoms with E-state index in [1.54, 1.807) is 25.7 Å². The van der Waals surface area contributed by atoms with E-state index < -0.39 is 23.8 Å². The second kappa shape index (κ2) is 6.78. The maximum absolute atomic E-state index is 12.6. The number of fused-ring (bicyclic) bond motifs is 1. The zero-order chi connectivity index (χ0) is 17.2. The quantitative estimate of drug-likeness (QED) is 0.813. The number of carbonyl (C=O) groups excluding carboxylic acids is 1. The lowest BCUT2D eigenvalue weighted by molar-refractivity contribution is -0.00144. The molecule has 1 aliphatic heterocycles. The number of allylic oxidation sites excluding steroid dienone is 1. The summed E-state index contributed by atoms with van der Waals surface area (Å²) in [5.74, 6) is 0. The molecule has 7 heteroatoms. The van der Waals surface area contributed by atoms with E-state index in [4.69, 9.17) is 4.74 Å². The van der Waals surface area contributed by atoms with E-state index in [1.807, 2.05) is 6.08 Å². The minimum atomic E-state index is -0.991. The van der Waals surface area contributed by atoms with E-state index in [9.17, 15) is 19.8 Å². The van der Waals surface area contributed by atoms with Crippen LogP contribution in [-0.4, -0.2) is 63.0 Å². The molecule has 2 N–H and O–H groups in total. The van der Waals surface area contributed by atoms with Gasteiger partial charge in [-0.2, -0.15) is 0 Å². The molecule has 2 unspecified atom stereocenters. The SMILES string of the molecule is CC(C)(C)OC(=O)N1C2=CCCCC2N(C(=O)O)CC1CCO. The monoisotopic (exact) mass is 326 g/mol. The van der Waals surface area contributed by atoms with E-state index in [0.29, 0.717) is 18.5 Å².